The molecule has 2 unspecified atom stereocenters. The molecule has 1 fully saturated rings. The first-order chi connectivity index (χ1) is 15.3. The third-order valence-electron chi connectivity index (χ3n) is 5.13. The molecule has 0 spiro atoms. The highest BCUT2D eigenvalue weighted by atomic mass is 32.2. The normalized spacial score (nSPS) is 17.7. The fourth-order valence-electron chi connectivity index (χ4n) is 3.43. The maximum atomic E-state index is 11.7. The van der Waals surface area contributed by atoms with Crippen molar-refractivity contribution in [1.29, 1.82) is 0 Å². The summed E-state index contributed by atoms with van der Waals surface area (Å²) < 4.78 is 23.2. The van der Waals surface area contributed by atoms with Crippen molar-refractivity contribution in [3.05, 3.63) is 35.4 Å². The van der Waals surface area contributed by atoms with E-state index < -0.39 is 0 Å². The van der Waals surface area contributed by atoms with Gasteiger partial charge in [0.15, 0.2) is 11.4 Å². The van der Waals surface area contributed by atoms with Gasteiger partial charge in [0, 0.05) is 25.7 Å². The molecule has 2 rings (SSSR count). The van der Waals surface area contributed by atoms with Gasteiger partial charge in [-0.25, -0.2) is 0 Å². The highest BCUT2D eigenvalue weighted by Crippen LogP contribution is 2.27. The van der Waals surface area contributed by atoms with Crippen LogP contribution >= 0.6 is 11.8 Å². The Morgan fingerprint density at radius 1 is 1.28 bits per heavy atom. The number of carbonyl (C=O) groups is 2. The number of carbonyl (C=O) groups excluding carboxylic acids is 2. The summed E-state index contributed by atoms with van der Waals surface area (Å²) in [6.45, 7) is 9.63. The van der Waals surface area contributed by atoms with Gasteiger partial charge in [-0.2, -0.15) is 0 Å². The van der Waals surface area contributed by atoms with E-state index in [0.29, 0.717) is 45.0 Å². The molecule has 0 amide bonds. The molecule has 0 aromatic heterocycles. The van der Waals surface area contributed by atoms with E-state index in [1.807, 2.05) is 25.1 Å². The number of benzene rings is 1. The molecule has 180 valence electrons. The lowest BCUT2D eigenvalue weighted by Crippen LogP contribution is -2.28. The van der Waals surface area contributed by atoms with E-state index in [0.717, 1.165) is 30.4 Å². The van der Waals surface area contributed by atoms with Crippen molar-refractivity contribution in [3.63, 3.8) is 0 Å². The Hall–Kier alpha value is -1.41. The van der Waals surface area contributed by atoms with Crippen LogP contribution in [0.5, 0.6) is 0 Å². The zero-order valence-electron chi connectivity index (χ0n) is 19.9. The molecule has 0 N–H and O–H groups in total. The van der Waals surface area contributed by atoms with Gasteiger partial charge in [0.2, 0.25) is 0 Å². The Kier molecular flexibility index (Phi) is 11.7. The van der Waals surface area contributed by atoms with Crippen molar-refractivity contribution in [3.8, 4) is 0 Å². The summed E-state index contributed by atoms with van der Waals surface area (Å²) in [6, 6.07) is 8.11. The molecule has 0 saturated carbocycles. The van der Waals surface area contributed by atoms with Gasteiger partial charge < -0.3 is 18.9 Å². The number of ether oxygens (including phenoxy) is 4. The van der Waals surface area contributed by atoms with Crippen LogP contribution in [-0.4, -0.2) is 49.6 Å². The van der Waals surface area contributed by atoms with Crippen LogP contribution in [0.1, 0.15) is 70.6 Å². The van der Waals surface area contributed by atoms with Crippen LogP contribution in [0.25, 0.3) is 0 Å². The minimum Gasteiger partial charge on any atom is -0.466 e. The topological polar surface area (TPSA) is 71.1 Å². The summed E-state index contributed by atoms with van der Waals surface area (Å²) >= 11 is 1.33. The van der Waals surface area contributed by atoms with E-state index in [4.69, 9.17) is 18.9 Å². The first-order valence-electron chi connectivity index (χ1n) is 11.5. The molecular weight excluding hydrogens is 428 g/mol. The summed E-state index contributed by atoms with van der Waals surface area (Å²) in [5.41, 5.74) is 1.95. The van der Waals surface area contributed by atoms with E-state index in [2.05, 4.69) is 19.9 Å². The molecule has 6 nitrogen and oxygen atoms in total. The first-order valence-corrected chi connectivity index (χ1v) is 12.5. The minimum absolute atomic E-state index is 0.119. The number of rotatable bonds is 13. The van der Waals surface area contributed by atoms with Gasteiger partial charge in [-0.1, -0.05) is 49.9 Å². The molecule has 1 aromatic rings. The number of hydrogen-bond acceptors (Lipinski definition) is 7. The van der Waals surface area contributed by atoms with Crippen LogP contribution in [0.2, 0.25) is 0 Å². The second-order valence-corrected chi connectivity index (χ2v) is 10.1. The van der Waals surface area contributed by atoms with Crippen molar-refractivity contribution >= 4 is 22.8 Å². The zero-order valence-corrected chi connectivity index (χ0v) is 20.7. The smallest absolute Gasteiger partial charge is 0.306 e. The molecule has 2 atom stereocenters. The Bertz CT molecular complexity index is 714. The molecule has 1 aliphatic rings. The molecule has 0 radical (unpaired) electrons. The first kappa shape index (κ1) is 26.8. The Morgan fingerprint density at radius 2 is 2.09 bits per heavy atom. The number of aryl methyl sites for hydroxylation is 1. The van der Waals surface area contributed by atoms with Gasteiger partial charge in [0.05, 0.1) is 19.8 Å². The highest BCUT2D eigenvalue weighted by Gasteiger charge is 2.24. The van der Waals surface area contributed by atoms with Crippen molar-refractivity contribution in [1.82, 2.24) is 0 Å². The summed E-state index contributed by atoms with van der Waals surface area (Å²) in [4.78, 5) is 23.0. The molecular formula is C25H38O6S. The standard InChI is InChI=1S/C25H38O6S/c1-5-29-23(27)13-12-20-9-8-10-21(15-20)22(31-24-11-6-7-14-30-24)16-28-17-25(3,4)18-32-19(2)26/h8-10,15,22,24H,5-7,11-14,16-18H2,1-4H3. The minimum atomic E-state index is -0.267. The molecule has 1 heterocycles. The predicted molar refractivity (Wildman–Crippen MR) is 127 cm³/mol. The van der Waals surface area contributed by atoms with Gasteiger partial charge in [0.1, 0.15) is 6.10 Å². The van der Waals surface area contributed by atoms with E-state index in [1.54, 1.807) is 6.92 Å². The lowest BCUT2D eigenvalue weighted by atomic mass is 9.98. The number of hydrogen-bond donors (Lipinski definition) is 0. The molecule has 1 aromatic carbocycles. The van der Waals surface area contributed by atoms with Crippen LogP contribution in [0.15, 0.2) is 24.3 Å². The van der Waals surface area contributed by atoms with E-state index >= 15 is 0 Å². The maximum absolute atomic E-state index is 11.7. The zero-order chi connectivity index (χ0) is 23.4. The molecule has 0 bridgehead atoms. The molecule has 1 saturated heterocycles. The van der Waals surface area contributed by atoms with Crippen LogP contribution in [-0.2, 0) is 35.0 Å². The van der Waals surface area contributed by atoms with Crippen molar-refractivity contribution in [2.24, 2.45) is 5.41 Å². The molecule has 7 heteroatoms. The highest BCUT2D eigenvalue weighted by molar-refractivity contribution is 8.13. The predicted octanol–water partition coefficient (Wildman–Crippen LogP) is 5.09. The second-order valence-electron chi connectivity index (χ2n) is 8.93. The van der Waals surface area contributed by atoms with Gasteiger partial charge in [-0.05, 0) is 49.1 Å². The largest absolute Gasteiger partial charge is 0.466 e. The lowest BCUT2D eigenvalue weighted by Gasteiger charge is -2.29. The molecule has 1 aliphatic heterocycles. The second kappa shape index (κ2) is 14.0. The van der Waals surface area contributed by atoms with Gasteiger partial charge in [-0.15, -0.1) is 0 Å². The fourth-order valence-corrected chi connectivity index (χ4v) is 4.10. The Balaban J connectivity index is 2.01. The van der Waals surface area contributed by atoms with E-state index in [1.165, 1.54) is 11.8 Å². The van der Waals surface area contributed by atoms with Crippen molar-refractivity contribution < 1.29 is 28.5 Å². The average molecular weight is 467 g/mol. The van der Waals surface area contributed by atoms with Gasteiger partial charge >= 0.3 is 5.97 Å². The lowest BCUT2D eigenvalue weighted by molar-refractivity contribution is -0.201. The average Bonchev–Trinajstić information content (AvgIpc) is 2.77. The molecule has 32 heavy (non-hydrogen) atoms. The van der Waals surface area contributed by atoms with E-state index in [9.17, 15) is 9.59 Å². The van der Waals surface area contributed by atoms with Crippen molar-refractivity contribution in [2.45, 2.75) is 72.2 Å². The Morgan fingerprint density at radius 3 is 2.78 bits per heavy atom. The third-order valence-corrected chi connectivity index (χ3v) is 6.46. The monoisotopic (exact) mass is 466 g/mol. The van der Waals surface area contributed by atoms with Crippen molar-refractivity contribution in [2.75, 3.05) is 32.2 Å². The molecule has 0 aliphatic carbocycles. The van der Waals surface area contributed by atoms with Gasteiger partial charge in [0.25, 0.3) is 0 Å². The summed E-state index contributed by atoms with van der Waals surface area (Å²) in [5.74, 6) is 0.526. The van der Waals surface area contributed by atoms with Crippen LogP contribution in [0.3, 0.4) is 0 Å². The van der Waals surface area contributed by atoms with Crippen LogP contribution < -0.4 is 0 Å². The van der Waals surface area contributed by atoms with Crippen LogP contribution in [0, 0.1) is 5.41 Å². The van der Waals surface area contributed by atoms with Crippen LogP contribution in [0.4, 0.5) is 0 Å². The fraction of sp³-hybridized carbons (Fsp3) is 0.680. The SMILES string of the molecule is CCOC(=O)CCc1cccc(C(COCC(C)(C)CSC(C)=O)OC2CCCCO2)c1. The summed E-state index contributed by atoms with van der Waals surface area (Å²) in [6.07, 6.45) is 3.50. The summed E-state index contributed by atoms with van der Waals surface area (Å²) in [5, 5.41) is 0.119. The third kappa shape index (κ3) is 10.5. The van der Waals surface area contributed by atoms with E-state index in [-0.39, 0.29) is 28.9 Å². The quantitative estimate of drug-likeness (QED) is 0.375. The maximum Gasteiger partial charge on any atom is 0.306 e. The summed E-state index contributed by atoms with van der Waals surface area (Å²) in [7, 11) is 0. The number of esters is 1. The Labute approximate surface area is 196 Å². The van der Waals surface area contributed by atoms with Gasteiger partial charge in [-0.3, -0.25) is 9.59 Å². The number of thioether (sulfide) groups is 1.